The number of nitrogens with zero attached hydrogens (tertiary/aromatic N) is 1. The minimum Gasteiger partial charge on any atom is -0.469 e. The van der Waals surface area contributed by atoms with Crippen LogP contribution in [0.15, 0.2) is 0 Å². The Morgan fingerprint density at radius 1 is 1.33 bits per heavy atom. The summed E-state index contributed by atoms with van der Waals surface area (Å²) < 4.78 is 4.84. The van der Waals surface area contributed by atoms with E-state index < -0.39 is 0 Å². The molecule has 1 aliphatic heterocycles. The molecular formula is C14H26N2O2. The van der Waals surface area contributed by atoms with Crippen molar-refractivity contribution in [2.24, 2.45) is 5.92 Å². The molecule has 4 nitrogen and oxygen atoms in total. The van der Waals surface area contributed by atoms with Gasteiger partial charge in [0.15, 0.2) is 0 Å². The lowest BCUT2D eigenvalue weighted by Gasteiger charge is -2.35. The zero-order chi connectivity index (χ0) is 13.0. The van der Waals surface area contributed by atoms with E-state index in [1.807, 2.05) is 0 Å². The van der Waals surface area contributed by atoms with Crippen LogP contribution in [0.1, 0.15) is 39.0 Å². The molecule has 1 N–H and O–H groups in total. The van der Waals surface area contributed by atoms with Crippen LogP contribution in [0, 0.1) is 5.92 Å². The first kappa shape index (κ1) is 13.8. The van der Waals surface area contributed by atoms with E-state index in [2.05, 4.69) is 17.1 Å². The minimum absolute atomic E-state index is 0.0839. The van der Waals surface area contributed by atoms with Crippen LogP contribution in [-0.4, -0.2) is 49.7 Å². The lowest BCUT2D eigenvalue weighted by molar-refractivity contribution is -0.142. The average Bonchev–Trinajstić information content (AvgIpc) is 2.82. The molecule has 2 rings (SSSR count). The van der Waals surface area contributed by atoms with Gasteiger partial charge in [-0.25, -0.2) is 0 Å². The molecule has 0 aromatic rings. The van der Waals surface area contributed by atoms with Crippen molar-refractivity contribution in [3.8, 4) is 0 Å². The molecule has 0 amide bonds. The zero-order valence-electron chi connectivity index (χ0n) is 11.7. The Morgan fingerprint density at radius 2 is 2.06 bits per heavy atom. The van der Waals surface area contributed by atoms with E-state index >= 15 is 0 Å². The zero-order valence-corrected chi connectivity index (χ0v) is 11.7. The molecule has 0 radical (unpaired) electrons. The Labute approximate surface area is 110 Å². The van der Waals surface area contributed by atoms with Gasteiger partial charge >= 0.3 is 5.97 Å². The van der Waals surface area contributed by atoms with Crippen molar-refractivity contribution in [1.82, 2.24) is 10.2 Å². The van der Waals surface area contributed by atoms with E-state index in [0.717, 1.165) is 19.6 Å². The van der Waals surface area contributed by atoms with Gasteiger partial charge in [0.1, 0.15) is 0 Å². The Kier molecular flexibility index (Phi) is 5.01. The lowest BCUT2D eigenvalue weighted by Crippen LogP contribution is -2.46. The first-order valence-electron chi connectivity index (χ1n) is 7.24. The fraction of sp³-hybridized carbons (Fsp3) is 0.929. The summed E-state index contributed by atoms with van der Waals surface area (Å²) in [6, 6.07) is 0.993. The van der Waals surface area contributed by atoms with Crippen molar-refractivity contribution in [3.05, 3.63) is 0 Å². The maximum Gasteiger partial charge on any atom is 0.307 e. The monoisotopic (exact) mass is 254 g/mol. The number of hydrogen-bond donors (Lipinski definition) is 1. The lowest BCUT2D eigenvalue weighted by atomic mass is 10.1. The number of nitrogens with one attached hydrogen (secondary N) is 1. The quantitative estimate of drug-likeness (QED) is 0.773. The van der Waals surface area contributed by atoms with Gasteiger partial charge in [-0.3, -0.25) is 9.69 Å². The van der Waals surface area contributed by atoms with Crippen LogP contribution in [0.25, 0.3) is 0 Å². The second kappa shape index (κ2) is 6.53. The van der Waals surface area contributed by atoms with Gasteiger partial charge in [0.25, 0.3) is 0 Å². The standard InChI is InChI=1S/C14H26N2O2/c1-11-8-15-9-13(7-14(17)18-2)16(10-11)12-5-3-4-6-12/h11-13,15H,3-10H2,1-2H3. The van der Waals surface area contributed by atoms with Crippen LogP contribution < -0.4 is 5.32 Å². The summed E-state index contributed by atoms with van der Waals surface area (Å²) in [5, 5.41) is 3.48. The van der Waals surface area contributed by atoms with Crippen molar-refractivity contribution in [3.63, 3.8) is 0 Å². The molecule has 4 heteroatoms. The first-order chi connectivity index (χ1) is 8.70. The second-order valence-corrected chi connectivity index (χ2v) is 5.83. The normalized spacial score (nSPS) is 31.2. The smallest absolute Gasteiger partial charge is 0.307 e. The van der Waals surface area contributed by atoms with Gasteiger partial charge in [-0.1, -0.05) is 19.8 Å². The number of ether oxygens (including phenoxy) is 1. The van der Waals surface area contributed by atoms with E-state index in [4.69, 9.17) is 4.74 Å². The van der Waals surface area contributed by atoms with Crippen LogP contribution in [0.4, 0.5) is 0 Å². The van der Waals surface area contributed by atoms with Crippen LogP contribution >= 0.6 is 0 Å². The van der Waals surface area contributed by atoms with Gasteiger partial charge in [-0.15, -0.1) is 0 Å². The number of methoxy groups -OCH3 is 1. The molecule has 2 aliphatic rings. The molecule has 0 aromatic heterocycles. The molecule has 104 valence electrons. The highest BCUT2D eigenvalue weighted by molar-refractivity contribution is 5.70. The maximum absolute atomic E-state index is 11.6. The molecule has 2 fully saturated rings. The second-order valence-electron chi connectivity index (χ2n) is 5.83. The van der Waals surface area contributed by atoms with E-state index in [-0.39, 0.29) is 5.97 Å². The third-order valence-electron chi connectivity index (χ3n) is 4.29. The van der Waals surface area contributed by atoms with Crippen molar-refractivity contribution in [2.75, 3.05) is 26.7 Å². The summed E-state index contributed by atoms with van der Waals surface area (Å²) in [6.07, 6.45) is 5.79. The SMILES string of the molecule is COC(=O)CC1CNCC(C)CN1C1CCCC1. The van der Waals surface area contributed by atoms with Gasteiger partial charge in [-0.05, 0) is 25.3 Å². The first-order valence-corrected chi connectivity index (χ1v) is 7.24. The van der Waals surface area contributed by atoms with E-state index in [0.29, 0.717) is 24.4 Å². The van der Waals surface area contributed by atoms with Crippen molar-refractivity contribution in [2.45, 2.75) is 51.1 Å². The average molecular weight is 254 g/mol. The molecule has 18 heavy (non-hydrogen) atoms. The van der Waals surface area contributed by atoms with E-state index in [9.17, 15) is 4.79 Å². The Morgan fingerprint density at radius 3 is 2.72 bits per heavy atom. The summed E-state index contributed by atoms with van der Waals surface area (Å²) in [4.78, 5) is 14.1. The number of rotatable bonds is 3. The molecule has 2 unspecified atom stereocenters. The molecule has 0 spiro atoms. The van der Waals surface area contributed by atoms with Crippen molar-refractivity contribution < 1.29 is 9.53 Å². The van der Waals surface area contributed by atoms with Gasteiger partial charge < -0.3 is 10.1 Å². The molecule has 1 saturated heterocycles. The fourth-order valence-electron chi connectivity index (χ4n) is 3.34. The summed E-state index contributed by atoms with van der Waals surface area (Å²) >= 11 is 0. The van der Waals surface area contributed by atoms with Crippen LogP contribution in [0.3, 0.4) is 0 Å². The minimum atomic E-state index is -0.0839. The van der Waals surface area contributed by atoms with Crippen LogP contribution in [0.2, 0.25) is 0 Å². The number of hydrogen-bond acceptors (Lipinski definition) is 4. The highest BCUT2D eigenvalue weighted by Gasteiger charge is 2.32. The topological polar surface area (TPSA) is 41.6 Å². The molecule has 1 aliphatic carbocycles. The largest absolute Gasteiger partial charge is 0.469 e. The molecule has 2 atom stereocenters. The van der Waals surface area contributed by atoms with E-state index in [1.165, 1.54) is 32.8 Å². The third kappa shape index (κ3) is 3.45. The Bertz CT molecular complexity index is 277. The molecule has 0 bridgehead atoms. The number of carbonyl (C=O) groups is 1. The summed E-state index contributed by atoms with van der Waals surface area (Å²) in [5.74, 6) is 0.576. The summed E-state index contributed by atoms with van der Waals surface area (Å²) in [7, 11) is 1.48. The fourth-order valence-corrected chi connectivity index (χ4v) is 3.34. The summed E-state index contributed by atoms with van der Waals surface area (Å²) in [5.41, 5.74) is 0. The Hall–Kier alpha value is -0.610. The highest BCUT2D eigenvalue weighted by Crippen LogP contribution is 2.27. The van der Waals surface area contributed by atoms with Crippen molar-refractivity contribution >= 4 is 5.97 Å². The van der Waals surface area contributed by atoms with Gasteiger partial charge in [0.05, 0.1) is 13.5 Å². The molecule has 0 aromatic carbocycles. The highest BCUT2D eigenvalue weighted by atomic mass is 16.5. The van der Waals surface area contributed by atoms with Gasteiger partial charge in [-0.2, -0.15) is 0 Å². The van der Waals surface area contributed by atoms with Gasteiger partial charge in [0, 0.05) is 25.2 Å². The van der Waals surface area contributed by atoms with Crippen molar-refractivity contribution in [1.29, 1.82) is 0 Å². The third-order valence-corrected chi connectivity index (χ3v) is 4.29. The maximum atomic E-state index is 11.6. The summed E-state index contributed by atoms with van der Waals surface area (Å²) in [6.45, 7) is 5.37. The van der Waals surface area contributed by atoms with Crippen LogP contribution in [0.5, 0.6) is 0 Å². The predicted octanol–water partition coefficient (Wildman–Crippen LogP) is 1.40. The van der Waals surface area contributed by atoms with Crippen LogP contribution in [-0.2, 0) is 9.53 Å². The molecule has 1 heterocycles. The van der Waals surface area contributed by atoms with Gasteiger partial charge in [0.2, 0.25) is 0 Å². The molecular weight excluding hydrogens is 228 g/mol. The van der Waals surface area contributed by atoms with E-state index in [1.54, 1.807) is 0 Å². The Balaban J connectivity index is 2.03. The number of carbonyl (C=O) groups excluding carboxylic acids is 1. The molecule has 1 saturated carbocycles. The predicted molar refractivity (Wildman–Crippen MR) is 71.4 cm³/mol. The number of esters is 1.